The van der Waals surface area contributed by atoms with Gasteiger partial charge in [-0.25, -0.2) is 9.13 Å². The second-order valence-corrected chi connectivity index (χ2v) is 32.3. The zero-order chi connectivity index (χ0) is 71.0. The molecule has 0 aliphatic carbocycles. The van der Waals surface area contributed by atoms with Gasteiger partial charge in [0.05, 0.1) is 26.4 Å². The van der Waals surface area contributed by atoms with Gasteiger partial charge in [0.1, 0.15) is 19.3 Å². The van der Waals surface area contributed by atoms with E-state index in [1.54, 1.807) is 0 Å². The Labute approximate surface area is 588 Å². The third-order valence-corrected chi connectivity index (χ3v) is 20.1. The van der Waals surface area contributed by atoms with Crippen LogP contribution in [-0.2, 0) is 65.4 Å². The number of ether oxygens (including phenoxy) is 4. The summed E-state index contributed by atoms with van der Waals surface area (Å²) < 4.78 is 68.6. The molecule has 19 heteroatoms. The van der Waals surface area contributed by atoms with E-state index in [0.717, 1.165) is 114 Å². The van der Waals surface area contributed by atoms with Crippen LogP contribution in [0.5, 0.6) is 0 Å². The van der Waals surface area contributed by atoms with Gasteiger partial charge in [-0.15, -0.1) is 0 Å². The first kappa shape index (κ1) is 94.1. The van der Waals surface area contributed by atoms with Gasteiger partial charge in [0.2, 0.25) is 0 Å². The molecule has 96 heavy (non-hydrogen) atoms. The van der Waals surface area contributed by atoms with E-state index in [9.17, 15) is 43.2 Å². The van der Waals surface area contributed by atoms with Crippen molar-refractivity contribution in [3.8, 4) is 0 Å². The molecule has 0 aliphatic rings. The van der Waals surface area contributed by atoms with Crippen LogP contribution in [0.2, 0.25) is 0 Å². The molecule has 0 heterocycles. The number of aliphatic hydroxyl groups is 1. The van der Waals surface area contributed by atoms with Gasteiger partial charge in [0.25, 0.3) is 0 Å². The average molecular weight is 1410 g/mol. The van der Waals surface area contributed by atoms with Crippen LogP contribution < -0.4 is 0 Å². The van der Waals surface area contributed by atoms with Crippen LogP contribution in [0.3, 0.4) is 0 Å². The van der Waals surface area contributed by atoms with E-state index in [1.165, 1.54) is 186 Å². The highest BCUT2D eigenvalue weighted by atomic mass is 31.2. The summed E-state index contributed by atoms with van der Waals surface area (Å²) in [7, 11) is -9.92. The van der Waals surface area contributed by atoms with Crippen molar-refractivity contribution in [2.45, 2.75) is 408 Å². The van der Waals surface area contributed by atoms with E-state index >= 15 is 0 Å². The van der Waals surface area contributed by atoms with Gasteiger partial charge in [-0.3, -0.25) is 37.3 Å². The third-order valence-electron chi connectivity index (χ3n) is 18.2. The fourth-order valence-corrected chi connectivity index (χ4v) is 13.3. The summed E-state index contributed by atoms with van der Waals surface area (Å²) in [5, 5.41) is 10.6. The molecule has 4 unspecified atom stereocenters. The van der Waals surface area contributed by atoms with Gasteiger partial charge in [-0.1, -0.05) is 338 Å². The molecule has 570 valence electrons. The van der Waals surface area contributed by atoms with E-state index < -0.39 is 97.5 Å². The Morgan fingerprint density at radius 1 is 0.292 bits per heavy atom. The molecular formula is C77H150O17P2. The van der Waals surface area contributed by atoms with E-state index in [2.05, 4.69) is 55.4 Å². The zero-order valence-electron chi connectivity index (χ0n) is 63.0. The van der Waals surface area contributed by atoms with E-state index in [4.69, 9.17) is 37.0 Å². The molecule has 3 N–H and O–H groups in total. The van der Waals surface area contributed by atoms with Crippen LogP contribution in [0.25, 0.3) is 0 Å². The van der Waals surface area contributed by atoms with Gasteiger partial charge >= 0.3 is 39.5 Å². The van der Waals surface area contributed by atoms with Gasteiger partial charge in [0.15, 0.2) is 12.2 Å². The van der Waals surface area contributed by atoms with Crippen LogP contribution >= 0.6 is 15.6 Å². The molecular weight excluding hydrogens is 1260 g/mol. The van der Waals surface area contributed by atoms with Gasteiger partial charge in [0, 0.05) is 25.7 Å². The molecule has 0 fully saturated rings. The standard InChI is InChI=1S/C77H150O17P2/c1-9-70(8)56-48-40-32-24-20-21-27-35-44-52-60-77(82)94-73(64-88-75(80)58-50-42-36-28-31-39-47-55-69(6)7)66-92-96(85,86)90-62-71(78)61-89-95(83,84)91-65-72(93-76(81)59-51-43-34-26-19-15-11-13-17-23-30-38-46-54-68(4)5)63-87-74(79)57-49-41-33-25-18-14-10-12-16-22-29-37-45-53-67(2)3/h67-73,78H,9-66H2,1-8H3,(H,83,84)(H,85,86)/t70?,71?,72-,73-/m1/s1. The molecule has 0 bridgehead atoms. The number of hydrogen-bond donors (Lipinski definition) is 3. The average Bonchev–Trinajstić information content (AvgIpc) is 1.10. The predicted octanol–water partition coefficient (Wildman–Crippen LogP) is 22.4. The summed E-state index contributed by atoms with van der Waals surface area (Å²) in [6, 6.07) is 0. The summed E-state index contributed by atoms with van der Waals surface area (Å²) in [4.78, 5) is 72.9. The van der Waals surface area contributed by atoms with Crippen molar-refractivity contribution in [3.63, 3.8) is 0 Å². The van der Waals surface area contributed by atoms with Crippen molar-refractivity contribution in [2.75, 3.05) is 39.6 Å². The number of carbonyl (C=O) groups excluding carboxylic acids is 4. The van der Waals surface area contributed by atoms with E-state index in [0.29, 0.717) is 31.6 Å². The highest BCUT2D eigenvalue weighted by molar-refractivity contribution is 7.47. The highest BCUT2D eigenvalue weighted by Crippen LogP contribution is 2.45. The summed E-state index contributed by atoms with van der Waals surface area (Å²) in [5.74, 6) is 0.966. The first-order valence-corrected chi connectivity index (χ1v) is 42.7. The smallest absolute Gasteiger partial charge is 0.462 e. The molecule has 0 rings (SSSR count). The predicted molar refractivity (Wildman–Crippen MR) is 391 cm³/mol. The molecule has 0 aromatic carbocycles. The Hall–Kier alpha value is -1.94. The Morgan fingerprint density at radius 2 is 0.500 bits per heavy atom. The number of carbonyl (C=O) groups is 4. The molecule has 6 atom stereocenters. The Bertz CT molecular complexity index is 1890. The number of aliphatic hydroxyl groups excluding tert-OH is 1. The lowest BCUT2D eigenvalue weighted by Crippen LogP contribution is -2.30. The van der Waals surface area contributed by atoms with Crippen molar-refractivity contribution < 1.29 is 80.2 Å². The maximum atomic E-state index is 13.1. The lowest BCUT2D eigenvalue weighted by Gasteiger charge is -2.21. The number of rotatable bonds is 74. The second-order valence-electron chi connectivity index (χ2n) is 29.4. The monoisotopic (exact) mass is 1410 g/mol. The van der Waals surface area contributed by atoms with E-state index in [1.807, 2.05) is 0 Å². The lowest BCUT2D eigenvalue weighted by atomic mass is 9.99. The highest BCUT2D eigenvalue weighted by Gasteiger charge is 2.30. The van der Waals surface area contributed by atoms with E-state index in [-0.39, 0.29) is 25.7 Å². The number of esters is 4. The fourth-order valence-electron chi connectivity index (χ4n) is 11.7. The fraction of sp³-hybridized carbons (Fsp3) is 0.948. The van der Waals surface area contributed by atoms with Gasteiger partial charge in [-0.05, 0) is 49.4 Å². The van der Waals surface area contributed by atoms with Crippen LogP contribution in [0.1, 0.15) is 389 Å². The molecule has 0 aromatic rings. The molecule has 0 saturated carbocycles. The van der Waals surface area contributed by atoms with Crippen LogP contribution in [0, 0.1) is 23.7 Å². The second kappa shape index (κ2) is 66.3. The minimum absolute atomic E-state index is 0.105. The van der Waals surface area contributed by atoms with Crippen molar-refractivity contribution >= 4 is 39.5 Å². The Balaban J connectivity index is 5.26. The molecule has 0 amide bonds. The van der Waals surface area contributed by atoms with Gasteiger partial charge < -0.3 is 33.8 Å². The quantitative estimate of drug-likeness (QED) is 0.0222. The largest absolute Gasteiger partial charge is 0.472 e. The van der Waals surface area contributed by atoms with Crippen molar-refractivity contribution in [3.05, 3.63) is 0 Å². The van der Waals surface area contributed by atoms with Crippen LogP contribution in [-0.4, -0.2) is 96.7 Å². The summed E-state index contributed by atoms with van der Waals surface area (Å²) in [6.07, 6.45) is 51.3. The number of unbranched alkanes of at least 4 members (excludes halogenated alkanes) is 39. The number of hydrogen-bond acceptors (Lipinski definition) is 15. The van der Waals surface area contributed by atoms with Gasteiger partial charge in [-0.2, -0.15) is 0 Å². The minimum atomic E-state index is -4.96. The number of phosphoric ester groups is 2. The van der Waals surface area contributed by atoms with Crippen molar-refractivity contribution in [1.29, 1.82) is 0 Å². The summed E-state index contributed by atoms with van der Waals surface area (Å²) in [6.45, 7) is 14.2. The van der Waals surface area contributed by atoms with Crippen molar-refractivity contribution in [2.24, 2.45) is 23.7 Å². The zero-order valence-corrected chi connectivity index (χ0v) is 64.8. The SMILES string of the molecule is CCC(C)CCCCCCCCCCCCC(=O)O[C@H](COC(=O)CCCCCCCCCC(C)C)COP(=O)(O)OCC(O)COP(=O)(O)OC[C@@H](COC(=O)CCCCCCCCCCCCCCCC(C)C)OC(=O)CCCCCCCCCCCCCCCC(C)C. The molecule has 0 aliphatic heterocycles. The summed E-state index contributed by atoms with van der Waals surface area (Å²) in [5.41, 5.74) is 0. The molecule has 0 saturated heterocycles. The third kappa shape index (κ3) is 69.2. The van der Waals surface area contributed by atoms with Crippen molar-refractivity contribution in [1.82, 2.24) is 0 Å². The van der Waals surface area contributed by atoms with Crippen LogP contribution in [0.4, 0.5) is 0 Å². The maximum Gasteiger partial charge on any atom is 0.472 e. The minimum Gasteiger partial charge on any atom is -0.462 e. The maximum absolute atomic E-state index is 13.1. The molecule has 0 radical (unpaired) electrons. The molecule has 17 nitrogen and oxygen atoms in total. The van der Waals surface area contributed by atoms with Crippen LogP contribution in [0.15, 0.2) is 0 Å². The molecule has 0 aromatic heterocycles. The summed E-state index contributed by atoms with van der Waals surface area (Å²) >= 11 is 0. The lowest BCUT2D eigenvalue weighted by molar-refractivity contribution is -0.161. The molecule has 0 spiro atoms. The first-order valence-electron chi connectivity index (χ1n) is 39.7. The topological polar surface area (TPSA) is 237 Å². The Kier molecular flexibility index (Phi) is 65.0. The Morgan fingerprint density at radius 3 is 0.740 bits per heavy atom. The number of phosphoric acid groups is 2. The first-order chi connectivity index (χ1) is 46.1. The normalized spacial score (nSPS) is 14.4.